The van der Waals surface area contributed by atoms with Crippen molar-refractivity contribution in [1.29, 1.82) is 0 Å². The number of nitrogens with one attached hydrogen (secondary N) is 2. The van der Waals surface area contributed by atoms with Gasteiger partial charge in [0.05, 0.1) is 28.5 Å². The standard InChI is InChI=1S/C32H34F2N4O6S/c1-3-44-28-16-19(6-12-25(28)34)30(37-26-15-20(31(35)40)7-11-24(26)33)32(41)38-14-4-5-27(38)23-17-21(36-18(2)39)8-13-29(23)45(42,43)22-9-10-22/h6-8,11-13,15-17,22,27,30,37H,3-5,9-10,14H2,1-2H3,(H2,35,40)(H,36,39)/t27-,30+/m1/s1. The average molecular weight is 641 g/mol. The van der Waals surface area contributed by atoms with Crippen molar-refractivity contribution in [2.75, 3.05) is 23.8 Å². The molecule has 2 atom stereocenters. The number of nitrogens with zero attached hydrogens (tertiary/aromatic N) is 1. The molecular formula is C32H34F2N4O6S. The summed E-state index contributed by atoms with van der Waals surface area (Å²) in [4.78, 5) is 39.8. The number of rotatable bonds is 11. The Hall–Kier alpha value is -4.52. The highest BCUT2D eigenvalue weighted by Gasteiger charge is 2.42. The van der Waals surface area contributed by atoms with E-state index < -0.39 is 50.6 Å². The van der Waals surface area contributed by atoms with Gasteiger partial charge >= 0.3 is 0 Å². The molecule has 1 saturated heterocycles. The van der Waals surface area contributed by atoms with Crippen LogP contribution in [0.25, 0.3) is 0 Å². The number of likely N-dealkylation sites (tertiary alicyclic amines) is 1. The fourth-order valence-corrected chi connectivity index (χ4v) is 7.52. The molecule has 0 spiro atoms. The molecule has 2 fully saturated rings. The summed E-state index contributed by atoms with van der Waals surface area (Å²) in [5.41, 5.74) is 6.22. The van der Waals surface area contributed by atoms with E-state index in [-0.39, 0.29) is 46.5 Å². The first kappa shape index (κ1) is 31.9. The van der Waals surface area contributed by atoms with Crippen molar-refractivity contribution < 1.29 is 36.3 Å². The van der Waals surface area contributed by atoms with Crippen LogP contribution in [0.3, 0.4) is 0 Å². The lowest BCUT2D eigenvalue weighted by atomic mass is 10.0. The van der Waals surface area contributed by atoms with Crippen LogP contribution in [-0.4, -0.2) is 49.4 Å². The SMILES string of the molecule is CCOc1cc([C@H](Nc2cc(C(N)=O)ccc2F)C(=O)N2CCC[C@@H]2c2cc(NC(C)=O)ccc2S(=O)(=O)C2CC2)ccc1F. The number of nitrogens with two attached hydrogens (primary N) is 1. The Labute approximate surface area is 259 Å². The van der Waals surface area contributed by atoms with Crippen molar-refractivity contribution in [3.05, 3.63) is 82.9 Å². The number of primary amides is 1. The van der Waals surface area contributed by atoms with Crippen molar-refractivity contribution in [3.63, 3.8) is 0 Å². The van der Waals surface area contributed by atoms with E-state index in [4.69, 9.17) is 10.5 Å². The topological polar surface area (TPSA) is 148 Å². The molecule has 10 nitrogen and oxygen atoms in total. The Kier molecular flexibility index (Phi) is 9.10. The van der Waals surface area contributed by atoms with Crippen molar-refractivity contribution in [2.45, 2.75) is 61.8 Å². The lowest BCUT2D eigenvalue weighted by Gasteiger charge is -2.31. The molecule has 238 valence electrons. The van der Waals surface area contributed by atoms with Gasteiger partial charge in [0, 0.05) is 24.7 Å². The third kappa shape index (κ3) is 6.77. The van der Waals surface area contributed by atoms with Crippen LogP contribution in [0.15, 0.2) is 59.5 Å². The average Bonchev–Trinajstić information content (AvgIpc) is 3.75. The number of carbonyl (C=O) groups is 3. The molecule has 1 aliphatic carbocycles. The number of halogens is 2. The quantitative estimate of drug-likeness (QED) is 0.271. The summed E-state index contributed by atoms with van der Waals surface area (Å²) in [6.07, 6.45) is 2.04. The van der Waals surface area contributed by atoms with Gasteiger partial charge in [-0.15, -0.1) is 0 Å². The minimum absolute atomic E-state index is 0.00275. The molecule has 1 aliphatic heterocycles. The second-order valence-corrected chi connectivity index (χ2v) is 13.3. The van der Waals surface area contributed by atoms with Gasteiger partial charge in [0.2, 0.25) is 17.7 Å². The Morgan fingerprint density at radius 2 is 1.76 bits per heavy atom. The van der Waals surface area contributed by atoms with E-state index in [9.17, 15) is 27.2 Å². The molecule has 1 heterocycles. The number of amides is 3. The molecule has 5 rings (SSSR count). The predicted octanol–water partition coefficient (Wildman–Crippen LogP) is 4.87. The van der Waals surface area contributed by atoms with Gasteiger partial charge in [-0.25, -0.2) is 17.2 Å². The van der Waals surface area contributed by atoms with Gasteiger partial charge in [0.15, 0.2) is 21.4 Å². The van der Waals surface area contributed by atoms with Crippen LogP contribution >= 0.6 is 0 Å². The van der Waals surface area contributed by atoms with E-state index in [0.717, 1.165) is 12.1 Å². The molecule has 45 heavy (non-hydrogen) atoms. The first-order valence-corrected chi connectivity index (χ1v) is 16.2. The van der Waals surface area contributed by atoms with Crippen LogP contribution in [0.1, 0.15) is 73.1 Å². The molecule has 4 N–H and O–H groups in total. The number of hydrogen-bond acceptors (Lipinski definition) is 7. The highest BCUT2D eigenvalue weighted by atomic mass is 32.2. The van der Waals surface area contributed by atoms with Crippen LogP contribution < -0.4 is 21.1 Å². The summed E-state index contributed by atoms with van der Waals surface area (Å²) in [7, 11) is -3.70. The first-order chi connectivity index (χ1) is 21.4. The first-order valence-electron chi connectivity index (χ1n) is 14.6. The van der Waals surface area contributed by atoms with E-state index >= 15 is 4.39 Å². The van der Waals surface area contributed by atoms with Crippen molar-refractivity contribution in [3.8, 4) is 5.75 Å². The number of sulfone groups is 1. The zero-order valence-corrected chi connectivity index (χ0v) is 25.6. The van der Waals surface area contributed by atoms with Crippen LogP contribution in [-0.2, 0) is 19.4 Å². The largest absolute Gasteiger partial charge is 0.491 e. The van der Waals surface area contributed by atoms with Gasteiger partial charge in [-0.1, -0.05) is 6.07 Å². The fourth-order valence-electron chi connectivity index (χ4n) is 5.62. The molecule has 0 bridgehead atoms. The van der Waals surface area contributed by atoms with E-state index in [0.29, 0.717) is 36.9 Å². The number of carbonyl (C=O) groups excluding carboxylic acids is 3. The normalized spacial score (nSPS) is 17.1. The molecule has 0 aromatic heterocycles. The summed E-state index contributed by atoms with van der Waals surface area (Å²) < 4.78 is 62.0. The molecule has 3 amide bonds. The van der Waals surface area contributed by atoms with Gasteiger partial charge in [0.1, 0.15) is 11.9 Å². The minimum atomic E-state index is -3.70. The fraction of sp³-hybridized carbons (Fsp3) is 0.344. The van der Waals surface area contributed by atoms with Gasteiger partial charge in [0.25, 0.3) is 0 Å². The second kappa shape index (κ2) is 12.8. The molecular weight excluding hydrogens is 606 g/mol. The number of ether oxygens (including phenoxy) is 1. The summed E-state index contributed by atoms with van der Waals surface area (Å²) in [6.45, 7) is 3.41. The van der Waals surface area contributed by atoms with Crippen LogP contribution in [0, 0.1) is 11.6 Å². The highest BCUT2D eigenvalue weighted by molar-refractivity contribution is 7.92. The maximum absolute atomic E-state index is 15.0. The third-order valence-electron chi connectivity index (χ3n) is 7.88. The molecule has 1 saturated carbocycles. The summed E-state index contributed by atoms with van der Waals surface area (Å²) >= 11 is 0. The van der Waals surface area contributed by atoms with E-state index in [1.165, 1.54) is 48.2 Å². The number of anilines is 2. The number of hydrogen-bond donors (Lipinski definition) is 3. The van der Waals surface area contributed by atoms with Crippen LogP contribution in [0.2, 0.25) is 0 Å². The Morgan fingerprint density at radius 1 is 1.02 bits per heavy atom. The maximum Gasteiger partial charge on any atom is 0.250 e. The Morgan fingerprint density at radius 3 is 2.42 bits per heavy atom. The van der Waals surface area contributed by atoms with Crippen LogP contribution in [0.5, 0.6) is 5.75 Å². The molecule has 2 aliphatic rings. The molecule has 13 heteroatoms. The van der Waals surface area contributed by atoms with Gasteiger partial charge in [-0.2, -0.15) is 0 Å². The number of benzene rings is 3. The van der Waals surface area contributed by atoms with Gasteiger partial charge < -0.3 is 26.0 Å². The minimum Gasteiger partial charge on any atom is -0.491 e. The van der Waals surface area contributed by atoms with Gasteiger partial charge in [-0.3, -0.25) is 14.4 Å². The lowest BCUT2D eigenvalue weighted by Crippen LogP contribution is -2.38. The molecule has 3 aromatic carbocycles. The zero-order chi connectivity index (χ0) is 32.5. The van der Waals surface area contributed by atoms with E-state index in [1.54, 1.807) is 13.0 Å². The third-order valence-corrected chi connectivity index (χ3v) is 10.2. The summed E-state index contributed by atoms with van der Waals surface area (Å²) in [5.74, 6) is -3.22. The lowest BCUT2D eigenvalue weighted by molar-refractivity contribution is -0.133. The van der Waals surface area contributed by atoms with Crippen molar-refractivity contribution >= 4 is 38.9 Å². The Balaban J connectivity index is 1.60. The summed E-state index contributed by atoms with van der Waals surface area (Å²) in [6, 6.07) is 9.85. The Bertz CT molecular complexity index is 1760. The van der Waals surface area contributed by atoms with Gasteiger partial charge in [-0.05, 0) is 92.3 Å². The molecule has 3 aromatic rings. The van der Waals surface area contributed by atoms with E-state index in [1.807, 2.05) is 0 Å². The van der Waals surface area contributed by atoms with Crippen molar-refractivity contribution in [2.24, 2.45) is 5.73 Å². The van der Waals surface area contributed by atoms with Crippen molar-refractivity contribution in [1.82, 2.24) is 4.90 Å². The monoisotopic (exact) mass is 640 g/mol. The van der Waals surface area contributed by atoms with Crippen LogP contribution in [0.4, 0.5) is 20.2 Å². The zero-order valence-electron chi connectivity index (χ0n) is 24.8. The molecule has 0 unspecified atom stereocenters. The molecule has 0 radical (unpaired) electrons. The highest BCUT2D eigenvalue weighted by Crippen LogP contribution is 2.43. The summed E-state index contributed by atoms with van der Waals surface area (Å²) in [5, 5.41) is 5.05. The second-order valence-electron chi connectivity index (χ2n) is 11.1. The van der Waals surface area contributed by atoms with E-state index in [2.05, 4.69) is 10.6 Å². The smallest absolute Gasteiger partial charge is 0.250 e. The maximum atomic E-state index is 15.0. The predicted molar refractivity (Wildman–Crippen MR) is 163 cm³/mol.